The molecule has 1 N–H and O–H groups in total. The summed E-state index contributed by atoms with van der Waals surface area (Å²) in [5.41, 5.74) is -1.79. The fourth-order valence-corrected chi connectivity index (χ4v) is 2.28. The highest BCUT2D eigenvalue weighted by molar-refractivity contribution is 7.10. The van der Waals surface area contributed by atoms with Crippen molar-refractivity contribution in [3.8, 4) is 6.07 Å². The highest BCUT2D eigenvalue weighted by atomic mass is 32.1. The topological polar surface area (TPSA) is 44.0 Å². The van der Waals surface area contributed by atoms with Gasteiger partial charge in [-0.1, -0.05) is 13.0 Å². The zero-order valence-electron chi connectivity index (χ0n) is 8.74. The highest BCUT2D eigenvalue weighted by Crippen LogP contribution is 2.43. The highest BCUT2D eigenvalue weighted by Gasteiger charge is 2.44. The Morgan fingerprint density at radius 1 is 1.57 bits per heavy atom. The lowest BCUT2D eigenvalue weighted by atomic mass is 9.73. The Labute approximate surface area is 88.8 Å². The van der Waals surface area contributed by atoms with E-state index in [1.54, 1.807) is 13.8 Å². The van der Waals surface area contributed by atoms with Gasteiger partial charge in [0.2, 0.25) is 0 Å². The van der Waals surface area contributed by atoms with Gasteiger partial charge in [0.05, 0.1) is 11.5 Å². The smallest absolute Gasteiger partial charge is 0.114 e. The summed E-state index contributed by atoms with van der Waals surface area (Å²) >= 11 is 1.49. The lowest BCUT2D eigenvalue weighted by molar-refractivity contribution is -0.0347. The summed E-state index contributed by atoms with van der Waals surface area (Å²) in [6.07, 6.45) is 0.633. The molecule has 0 aliphatic rings. The van der Waals surface area contributed by atoms with Gasteiger partial charge in [-0.15, -0.1) is 11.3 Å². The molecule has 3 heteroatoms. The van der Waals surface area contributed by atoms with Crippen molar-refractivity contribution < 1.29 is 5.11 Å². The second-order valence-electron chi connectivity index (χ2n) is 3.85. The van der Waals surface area contributed by atoms with Gasteiger partial charge in [0, 0.05) is 4.88 Å². The quantitative estimate of drug-likeness (QED) is 0.831. The summed E-state index contributed by atoms with van der Waals surface area (Å²) < 4.78 is 0. The first-order valence-corrected chi connectivity index (χ1v) is 5.53. The minimum absolute atomic E-state index is 0.633. The van der Waals surface area contributed by atoms with Crippen LogP contribution in [0, 0.1) is 16.7 Å². The SMILES string of the molecule is CCC(C)(C#N)C(C)(O)c1cccs1. The molecule has 0 fully saturated rings. The number of hydrogen-bond donors (Lipinski definition) is 1. The number of rotatable bonds is 3. The Kier molecular flexibility index (Phi) is 2.98. The number of thiophene rings is 1. The molecule has 0 spiro atoms. The van der Waals surface area contributed by atoms with E-state index < -0.39 is 11.0 Å². The summed E-state index contributed by atoms with van der Waals surface area (Å²) in [7, 11) is 0. The number of aliphatic hydroxyl groups is 1. The molecule has 0 radical (unpaired) electrons. The van der Waals surface area contributed by atoms with Crippen LogP contribution in [0.4, 0.5) is 0 Å². The lowest BCUT2D eigenvalue weighted by Gasteiger charge is -2.35. The van der Waals surface area contributed by atoms with E-state index in [0.29, 0.717) is 6.42 Å². The van der Waals surface area contributed by atoms with Crippen molar-refractivity contribution in [2.75, 3.05) is 0 Å². The molecule has 2 unspecified atom stereocenters. The molecule has 76 valence electrons. The van der Waals surface area contributed by atoms with Crippen LogP contribution in [-0.2, 0) is 5.60 Å². The second kappa shape index (κ2) is 3.72. The van der Waals surface area contributed by atoms with Crippen LogP contribution >= 0.6 is 11.3 Å². The van der Waals surface area contributed by atoms with Crippen molar-refractivity contribution in [3.05, 3.63) is 22.4 Å². The largest absolute Gasteiger partial charge is 0.383 e. The van der Waals surface area contributed by atoms with E-state index in [9.17, 15) is 5.11 Å². The molecular formula is C11H15NOS. The van der Waals surface area contributed by atoms with E-state index in [2.05, 4.69) is 6.07 Å². The minimum atomic E-state index is -1.06. The van der Waals surface area contributed by atoms with E-state index in [4.69, 9.17) is 5.26 Å². The van der Waals surface area contributed by atoms with Gasteiger partial charge in [-0.2, -0.15) is 5.26 Å². The molecule has 0 aromatic carbocycles. The van der Waals surface area contributed by atoms with Crippen molar-refractivity contribution >= 4 is 11.3 Å². The third-order valence-electron chi connectivity index (χ3n) is 3.03. The predicted molar refractivity (Wildman–Crippen MR) is 57.9 cm³/mol. The van der Waals surface area contributed by atoms with Gasteiger partial charge in [0.25, 0.3) is 0 Å². The van der Waals surface area contributed by atoms with Crippen LogP contribution in [0.1, 0.15) is 32.1 Å². The van der Waals surface area contributed by atoms with E-state index >= 15 is 0 Å². The minimum Gasteiger partial charge on any atom is -0.383 e. The molecular weight excluding hydrogens is 194 g/mol. The summed E-state index contributed by atoms with van der Waals surface area (Å²) in [6.45, 7) is 5.43. The van der Waals surface area contributed by atoms with Crippen LogP contribution in [-0.4, -0.2) is 5.11 Å². The maximum atomic E-state index is 10.4. The van der Waals surface area contributed by atoms with Crippen molar-refractivity contribution in [2.45, 2.75) is 32.8 Å². The Morgan fingerprint density at radius 3 is 2.57 bits per heavy atom. The van der Waals surface area contributed by atoms with Gasteiger partial charge >= 0.3 is 0 Å². The molecule has 0 bridgehead atoms. The maximum absolute atomic E-state index is 10.4. The normalized spacial score (nSPS) is 19.4. The zero-order valence-corrected chi connectivity index (χ0v) is 9.56. The summed E-state index contributed by atoms with van der Waals surface area (Å²) in [5, 5.41) is 21.4. The monoisotopic (exact) mass is 209 g/mol. The summed E-state index contributed by atoms with van der Waals surface area (Å²) in [4.78, 5) is 0.850. The molecule has 0 saturated heterocycles. The van der Waals surface area contributed by atoms with Crippen molar-refractivity contribution in [1.29, 1.82) is 5.26 Å². The average molecular weight is 209 g/mol. The molecule has 0 aliphatic carbocycles. The number of hydrogen-bond acceptors (Lipinski definition) is 3. The van der Waals surface area contributed by atoms with E-state index in [0.717, 1.165) is 4.88 Å². The van der Waals surface area contributed by atoms with Gasteiger partial charge in [-0.25, -0.2) is 0 Å². The van der Waals surface area contributed by atoms with Gasteiger partial charge in [-0.3, -0.25) is 0 Å². The first kappa shape index (κ1) is 11.2. The van der Waals surface area contributed by atoms with Crippen molar-refractivity contribution in [3.63, 3.8) is 0 Å². The Hall–Kier alpha value is -0.850. The third-order valence-corrected chi connectivity index (χ3v) is 4.11. The van der Waals surface area contributed by atoms with E-state index in [1.807, 2.05) is 24.4 Å². The zero-order chi connectivity index (χ0) is 10.8. The van der Waals surface area contributed by atoms with Crippen LogP contribution in [0.15, 0.2) is 17.5 Å². The predicted octanol–water partition coefficient (Wildman–Crippen LogP) is 2.90. The Balaban J connectivity index is 3.14. The second-order valence-corrected chi connectivity index (χ2v) is 4.79. The molecule has 0 amide bonds. The van der Waals surface area contributed by atoms with Gasteiger partial charge in [0.15, 0.2) is 0 Å². The Bertz CT molecular complexity index is 337. The molecule has 0 aliphatic heterocycles. The van der Waals surface area contributed by atoms with Crippen LogP contribution in [0.5, 0.6) is 0 Å². The molecule has 1 aromatic rings. The van der Waals surface area contributed by atoms with Crippen LogP contribution in [0.3, 0.4) is 0 Å². The van der Waals surface area contributed by atoms with Gasteiger partial charge in [-0.05, 0) is 31.7 Å². The molecule has 2 atom stereocenters. The Morgan fingerprint density at radius 2 is 2.21 bits per heavy atom. The number of nitrogens with zero attached hydrogens (tertiary/aromatic N) is 1. The van der Waals surface area contributed by atoms with Gasteiger partial charge in [0.1, 0.15) is 5.60 Å². The standard InChI is InChI=1S/C11H15NOS/c1-4-10(2,8-12)11(3,13)9-6-5-7-14-9/h5-7,13H,4H2,1-3H3. The molecule has 1 aromatic heterocycles. The summed E-state index contributed by atoms with van der Waals surface area (Å²) in [6, 6.07) is 5.98. The summed E-state index contributed by atoms with van der Waals surface area (Å²) in [5.74, 6) is 0. The maximum Gasteiger partial charge on any atom is 0.114 e. The van der Waals surface area contributed by atoms with Crippen LogP contribution < -0.4 is 0 Å². The first-order chi connectivity index (χ1) is 6.48. The van der Waals surface area contributed by atoms with Crippen molar-refractivity contribution in [2.24, 2.45) is 5.41 Å². The molecule has 2 nitrogen and oxygen atoms in total. The molecule has 0 saturated carbocycles. The average Bonchev–Trinajstić information content (AvgIpc) is 2.69. The molecule has 14 heavy (non-hydrogen) atoms. The number of nitriles is 1. The first-order valence-electron chi connectivity index (χ1n) is 4.65. The fourth-order valence-electron chi connectivity index (χ4n) is 1.36. The van der Waals surface area contributed by atoms with Crippen LogP contribution in [0.25, 0.3) is 0 Å². The lowest BCUT2D eigenvalue weighted by Crippen LogP contribution is -2.39. The molecule has 1 rings (SSSR count). The fraction of sp³-hybridized carbons (Fsp3) is 0.545. The van der Waals surface area contributed by atoms with E-state index in [1.165, 1.54) is 11.3 Å². The van der Waals surface area contributed by atoms with Crippen LogP contribution in [0.2, 0.25) is 0 Å². The van der Waals surface area contributed by atoms with Gasteiger partial charge < -0.3 is 5.11 Å². The van der Waals surface area contributed by atoms with Crippen molar-refractivity contribution in [1.82, 2.24) is 0 Å². The third kappa shape index (κ3) is 1.56. The van der Waals surface area contributed by atoms with E-state index in [-0.39, 0.29) is 0 Å². The molecule has 1 heterocycles.